The fraction of sp³-hybridized carbons (Fsp3) is 0.182. The van der Waals surface area contributed by atoms with Crippen LogP contribution in [0.5, 0.6) is 0 Å². The number of nitrogens with one attached hydrogen (secondary N) is 1. The summed E-state index contributed by atoms with van der Waals surface area (Å²) in [4.78, 5) is 4.48. The van der Waals surface area contributed by atoms with Gasteiger partial charge >= 0.3 is 0 Å². The van der Waals surface area contributed by atoms with Gasteiger partial charge in [0.05, 0.1) is 10.6 Å². The van der Waals surface area contributed by atoms with Gasteiger partial charge in [0, 0.05) is 25.0 Å². The van der Waals surface area contributed by atoms with E-state index in [-0.39, 0.29) is 4.90 Å². The molecule has 0 bridgehead atoms. The summed E-state index contributed by atoms with van der Waals surface area (Å²) in [5.74, 6) is 5.28. The lowest BCUT2D eigenvalue weighted by Crippen LogP contribution is -2.22. The minimum atomic E-state index is -3.44. The number of thiazole rings is 1. The van der Waals surface area contributed by atoms with Gasteiger partial charge in [0.1, 0.15) is 0 Å². The van der Waals surface area contributed by atoms with Crippen molar-refractivity contribution in [2.45, 2.75) is 4.90 Å². The van der Waals surface area contributed by atoms with Crippen molar-refractivity contribution in [3.63, 3.8) is 0 Å². The molecule has 0 saturated heterocycles. The summed E-state index contributed by atoms with van der Waals surface area (Å²) < 4.78 is 25.3. The molecule has 0 aliphatic carbocycles. The number of nitrogens with two attached hydrogens (primary N) is 1. The molecule has 0 spiro atoms. The summed E-state index contributed by atoms with van der Waals surface area (Å²) in [7, 11) is -0.435. The van der Waals surface area contributed by atoms with Crippen LogP contribution < -0.4 is 11.3 Å². The van der Waals surface area contributed by atoms with E-state index in [0.29, 0.717) is 10.8 Å². The number of rotatable bonds is 4. The molecular weight excluding hydrogens is 284 g/mol. The van der Waals surface area contributed by atoms with Crippen LogP contribution in [-0.2, 0) is 10.0 Å². The van der Waals surface area contributed by atoms with Gasteiger partial charge < -0.3 is 0 Å². The Labute approximate surface area is 115 Å². The average Bonchev–Trinajstić information content (AvgIpc) is 2.87. The van der Waals surface area contributed by atoms with Crippen molar-refractivity contribution < 1.29 is 8.42 Å². The molecule has 0 saturated carbocycles. The number of hydrogen-bond donors (Lipinski definition) is 2. The molecule has 6 nitrogen and oxygen atoms in total. The summed E-state index contributed by atoms with van der Waals surface area (Å²) >= 11 is 1.36. The topological polar surface area (TPSA) is 88.3 Å². The van der Waals surface area contributed by atoms with Crippen molar-refractivity contribution in [3.8, 4) is 11.3 Å². The lowest BCUT2D eigenvalue weighted by molar-refractivity contribution is 0.521. The highest BCUT2D eigenvalue weighted by Gasteiger charge is 2.17. The Balaban J connectivity index is 2.45. The molecule has 8 heteroatoms. The first-order chi connectivity index (χ1) is 8.95. The van der Waals surface area contributed by atoms with E-state index in [0.717, 1.165) is 5.56 Å². The molecule has 0 atom stereocenters. The molecule has 1 aromatic carbocycles. The Morgan fingerprint density at radius 3 is 2.68 bits per heavy atom. The van der Waals surface area contributed by atoms with E-state index in [1.807, 2.05) is 11.4 Å². The van der Waals surface area contributed by atoms with E-state index >= 15 is 0 Å². The van der Waals surface area contributed by atoms with Gasteiger partial charge in [-0.15, -0.1) is 11.3 Å². The summed E-state index contributed by atoms with van der Waals surface area (Å²) in [5.41, 5.74) is 3.89. The Hall–Kier alpha value is -1.48. The lowest BCUT2D eigenvalue weighted by Gasteiger charge is -2.11. The number of hydrogen-bond acceptors (Lipinski definition) is 6. The fourth-order valence-electron chi connectivity index (χ4n) is 1.50. The molecule has 2 rings (SSSR count). The van der Waals surface area contributed by atoms with Crippen molar-refractivity contribution in [3.05, 3.63) is 29.6 Å². The van der Waals surface area contributed by atoms with Crippen molar-refractivity contribution in [1.82, 2.24) is 9.29 Å². The van der Waals surface area contributed by atoms with Crippen LogP contribution in [0.15, 0.2) is 34.5 Å². The number of nitrogen functional groups attached to an aromatic ring is 1. The molecule has 1 heterocycles. The van der Waals surface area contributed by atoms with E-state index in [9.17, 15) is 8.42 Å². The van der Waals surface area contributed by atoms with Gasteiger partial charge in [-0.2, -0.15) is 0 Å². The minimum Gasteiger partial charge on any atom is -0.300 e. The maximum Gasteiger partial charge on any atom is 0.242 e. The van der Waals surface area contributed by atoms with Crippen LogP contribution in [0.25, 0.3) is 11.3 Å². The maximum absolute atomic E-state index is 12.1. The van der Waals surface area contributed by atoms with Crippen molar-refractivity contribution >= 4 is 26.5 Å². The zero-order valence-corrected chi connectivity index (χ0v) is 12.1. The first kappa shape index (κ1) is 13.9. The average molecular weight is 298 g/mol. The fourth-order valence-corrected chi connectivity index (χ4v) is 3.08. The Kier molecular flexibility index (Phi) is 3.85. The smallest absolute Gasteiger partial charge is 0.242 e. The molecule has 0 radical (unpaired) electrons. The second-order valence-electron chi connectivity index (χ2n) is 4.00. The van der Waals surface area contributed by atoms with E-state index in [2.05, 4.69) is 10.4 Å². The van der Waals surface area contributed by atoms with Crippen LogP contribution in [0.4, 0.5) is 5.13 Å². The first-order valence-corrected chi connectivity index (χ1v) is 7.72. The third-order valence-electron chi connectivity index (χ3n) is 2.54. The van der Waals surface area contributed by atoms with Gasteiger partial charge in [-0.1, -0.05) is 12.1 Å². The quantitative estimate of drug-likeness (QED) is 0.657. The van der Waals surface area contributed by atoms with E-state index in [1.165, 1.54) is 29.7 Å². The van der Waals surface area contributed by atoms with Crippen molar-refractivity contribution in [1.29, 1.82) is 0 Å². The zero-order valence-electron chi connectivity index (χ0n) is 10.5. The first-order valence-electron chi connectivity index (χ1n) is 5.40. The lowest BCUT2D eigenvalue weighted by atomic mass is 10.2. The van der Waals surface area contributed by atoms with Gasteiger partial charge in [-0.25, -0.2) is 23.5 Å². The number of aromatic nitrogens is 1. The molecule has 1 aromatic heterocycles. The highest BCUT2D eigenvalue weighted by Crippen LogP contribution is 2.26. The number of hydrazine groups is 1. The van der Waals surface area contributed by atoms with Gasteiger partial charge in [-0.05, 0) is 12.1 Å². The maximum atomic E-state index is 12.1. The summed E-state index contributed by atoms with van der Waals surface area (Å²) in [5, 5.41) is 2.40. The van der Waals surface area contributed by atoms with Crippen LogP contribution in [0.1, 0.15) is 0 Å². The van der Waals surface area contributed by atoms with E-state index < -0.39 is 10.0 Å². The summed E-state index contributed by atoms with van der Waals surface area (Å²) in [6.07, 6.45) is 0. The molecule has 19 heavy (non-hydrogen) atoms. The van der Waals surface area contributed by atoms with Crippen LogP contribution in [0.3, 0.4) is 0 Å². The van der Waals surface area contributed by atoms with Crippen LogP contribution in [-0.4, -0.2) is 31.8 Å². The predicted octanol–water partition coefficient (Wildman–Crippen LogP) is 1.35. The van der Waals surface area contributed by atoms with Gasteiger partial charge in [0.15, 0.2) is 5.13 Å². The standard InChI is InChI=1S/C11H14N4O2S2/c1-15(2)19(16,17)9-5-3-4-8(6-9)10-7-18-11(13-10)14-12/h3-7H,12H2,1-2H3,(H,13,14). The molecule has 0 amide bonds. The molecular formula is C11H14N4O2S2. The number of anilines is 1. The molecule has 0 unspecified atom stereocenters. The van der Waals surface area contributed by atoms with E-state index in [4.69, 9.17) is 5.84 Å². The SMILES string of the molecule is CN(C)S(=O)(=O)c1cccc(-c2csc(NN)n2)c1. The molecule has 0 fully saturated rings. The Morgan fingerprint density at radius 1 is 1.37 bits per heavy atom. The summed E-state index contributed by atoms with van der Waals surface area (Å²) in [6, 6.07) is 6.67. The molecule has 102 valence electrons. The molecule has 2 aromatic rings. The normalized spacial score (nSPS) is 11.8. The van der Waals surface area contributed by atoms with E-state index in [1.54, 1.807) is 18.2 Å². The van der Waals surface area contributed by atoms with Gasteiger partial charge in [-0.3, -0.25) is 5.43 Å². The Morgan fingerprint density at radius 2 is 2.11 bits per heavy atom. The summed E-state index contributed by atoms with van der Waals surface area (Å²) in [6.45, 7) is 0. The predicted molar refractivity (Wildman–Crippen MR) is 76.2 cm³/mol. The van der Waals surface area contributed by atoms with Crippen LogP contribution in [0, 0.1) is 0 Å². The highest BCUT2D eigenvalue weighted by atomic mass is 32.2. The number of sulfonamides is 1. The monoisotopic (exact) mass is 298 g/mol. The molecule has 0 aliphatic rings. The third kappa shape index (κ3) is 2.76. The third-order valence-corrected chi connectivity index (χ3v) is 5.12. The second kappa shape index (κ2) is 5.25. The number of nitrogens with zero attached hydrogens (tertiary/aromatic N) is 2. The molecule has 3 N–H and O–H groups in total. The largest absolute Gasteiger partial charge is 0.300 e. The highest BCUT2D eigenvalue weighted by molar-refractivity contribution is 7.89. The zero-order chi connectivity index (χ0) is 14.0. The van der Waals surface area contributed by atoms with Gasteiger partial charge in [0.25, 0.3) is 0 Å². The van der Waals surface area contributed by atoms with Gasteiger partial charge in [0.2, 0.25) is 10.0 Å². The minimum absolute atomic E-state index is 0.241. The van der Waals surface area contributed by atoms with Crippen molar-refractivity contribution in [2.24, 2.45) is 5.84 Å². The van der Waals surface area contributed by atoms with Crippen LogP contribution >= 0.6 is 11.3 Å². The van der Waals surface area contributed by atoms with Crippen LogP contribution in [0.2, 0.25) is 0 Å². The number of benzene rings is 1. The Bertz CT molecular complexity index is 680. The van der Waals surface area contributed by atoms with Crippen molar-refractivity contribution in [2.75, 3.05) is 19.5 Å². The second-order valence-corrected chi connectivity index (χ2v) is 7.01. The molecule has 0 aliphatic heterocycles.